The van der Waals surface area contributed by atoms with Crippen LogP contribution in [0.3, 0.4) is 0 Å². The van der Waals surface area contributed by atoms with Crippen molar-refractivity contribution in [3.05, 3.63) is 76.2 Å². The number of hydrogen-bond acceptors (Lipinski definition) is 7. The lowest BCUT2D eigenvalue weighted by molar-refractivity contribution is 0.0526. The van der Waals surface area contributed by atoms with E-state index >= 15 is 0 Å². The zero-order valence-electron chi connectivity index (χ0n) is 23.6. The third-order valence-corrected chi connectivity index (χ3v) is 8.28. The van der Waals surface area contributed by atoms with E-state index in [0.29, 0.717) is 38.6 Å². The molecule has 212 valence electrons. The van der Waals surface area contributed by atoms with Crippen molar-refractivity contribution in [1.29, 1.82) is 0 Å². The van der Waals surface area contributed by atoms with Gasteiger partial charge in [-0.15, -0.1) is 11.3 Å². The van der Waals surface area contributed by atoms with E-state index in [9.17, 15) is 9.59 Å². The van der Waals surface area contributed by atoms with Crippen molar-refractivity contribution in [2.75, 3.05) is 11.9 Å². The number of pyridine rings is 1. The molecule has 1 aliphatic rings. The first-order valence-corrected chi connectivity index (χ1v) is 15.1. The predicted octanol–water partition coefficient (Wildman–Crippen LogP) is 7.18. The van der Waals surface area contributed by atoms with Crippen molar-refractivity contribution in [2.45, 2.75) is 53.1 Å². The van der Waals surface area contributed by atoms with Crippen LogP contribution in [-0.2, 0) is 17.6 Å². The maximum absolute atomic E-state index is 13.6. The molecule has 2 heterocycles. The van der Waals surface area contributed by atoms with Crippen LogP contribution in [0.5, 0.6) is 5.75 Å². The number of fused-ring (bicyclic) bond motifs is 2. The average molecular weight is 588 g/mol. The van der Waals surface area contributed by atoms with Crippen LogP contribution in [0.4, 0.5) is 5.00 Å². The lowest BCUT2D eigenvalue weighted by atomic mass is 9.88. The average Bonchev–Trinajstić information content (AvgIpc) is 3.28. The van der Waals surface area contributed by atoms with Gasteiger partial charge in [0.1, 0.15) is 10.8 Å². The van der Waals surface area contributed by atoms with Crippen LogP contribution in [0.25, 0.3) is 22.2 Å². The Kier molecular flexibility index (Phi) is 8.65. The second-order valence-corrected chi connectivity index (χ2v) is 12.0. The maximum atomic E-state index is 13.6. The number of esters is 1. The monoisotopic (exact) mass is 587 g/mol. The lowest BCUT2D eigenvalue weighted by Crippen LogP contribution is -2.34. The minimum Gasteiger partial charge on any atom is -0.491 e. The Morgan fingerprint density at radius 3 is 2.73 bits per heavy atom. The number of carbonyl (C=O) groups excluding carboxylic acids is 2. The van der Waals surface area contributed by atoms with Gasteiger partial charge >= 0.3 is 5.97 Å². The summed E-state index contributed by atoms with van der Waals surface area (Å²) in [6, 6.07) is 16.9. The Balaban J connectivity index is 1.43. The van der Waals surface area contributed by atoms with E-state index in [2.05, 4.69) is 17.6 Å². The van der Waals surface area contributed by atoms with Gasteiger partial charge in [-0.3, -0.25) is 10.1 Å². The third kappa shape index (κ3) is 6.41. The second-order valence-electron chi connectivity index (χ2n) is 10.5. The topological polar surface area (TPSA) is 89.6 Å². The fourth-order valence-corrected chi connectivity index (χ4v) is 6.74. The Morgan fingerprint density at radius 2 is 1.95 bits per heavy atom. The number of amides is 1. The smallest absolute Gasteiger partial charge is 0.341 e. The summed E-state index contributed by atoms with van der Waals surface area (Å²) >= 11 is 7.08. The van der Waals surface area contributed by atoms with Gasteiger partial charge in [0.15, 0.2) is 5.11 Å². The second kappa shape index (κ2) is 12.4. The van der Waals surface area contributed by atoms with E-state index in [-0.39, 0.29) is 29.7 Å². The fourth-order valence-electron chi connectivity index (χ4n) is 5.07. The molecule has 4 aromatic rings. The summed E-state index contributed by atoms with van der Waals surface area (Å²) in [5.41, 5.74) is 4.16. The number of thiophene rings is 1. The van der Waals surface area contributed by atoms with E-state index in [4.69, 9.17) is 26.7 Å². The van der Waals surface area contributed by atoms with Crippen molar-refractivity contribution < 1.29 is 19.1 Å². The zero-order chi connectivity index (χ0) is 29.1. The van der Waals surface area contributed by atoms with Crippen molar-refractivity contribution >= 4 is 56.4 Å². The molecular formula is C32H33N3O4S2. The normalized spacial score (nSPS) is 14.4. The highest BCUT2D eigenvalue weighted by Crippen LogP contribution is 2.40. The molecule has 0 aliphatic heterocycles. The van der Waals surface area contributed by atoms with Crippen LogP contribution >= 0.6 is 23.6 Å². The van der Waals surface area contributed by atoms with Gasteiger partial charge in [0.05, 0.1) is 35.0 Å². The van der Waals surface area contributed by atoms with Gasteiger partial charge in [-0.2, -0.15) is 0 Å². The molecule has 0 spiro atoms. The first-order valence-electron chi connectivity index (χ1n) is 13.8. The van der Waals surface area contributed by atoms with Crippen LogP contribution < -0.4 is 15.4 Å². The van der Waals surface area contributed by atoms with E-state index < -0.39 is 0 Å². The Morgan fingerprint density at radius 1 is 1.15 bits per heavy atom. The molecule has 2 aromatic carbocycles. The summed E-state index contributed by atoms with van der Waals surface area (Å²) in [7, 11) is 0. The number of nitrogens with zero attached hydrogens (tertiary/aromatic N) is 1. The molecule has 1 atom stereocenters. The summed E-state index contributed by atoms with van der Waals surface area (Å²) in [6.07, 6.45) is 2.77. The van der Waals surface area contributed by atoms with Crippen LogP contribution in [-0.4, -0.2) is 34.7 Å². The van der Waals surface area contributed by atoms with E-state index in [1.54, 1.807) is 13.0 Å². The number of anilines is 1. The number of carbonyl (C=O) groups is 2. The quantitative estimate of drug-likeness (QED) is 0.175. The van der Waals surface area contributed by atoms with Gasteiger partial charge in [-0.05, 0) is 88.0 Å². The molecule has 0 radical (unpaired) electrons. The number of thiocarbonyl (C=S) groups is 1. The van der Waals surface area contributed by atoms with Gasteiger partial charge in [-0.25, -0.2) is 9.78 Å². The predicted molar refractivity (Wildman–Crippen MR) is 168 cm³/mol. The number of benzene rings is 2. The molecule has 0 unspecified atom stereocenters. The molecule has 2 N–H and O–H groups in total. The summed E-state index contributed by atoms with van der Waals surface area (Å²) in [5.74, 6) is 0.533. The molecule has 0 bridgehead atoms. The van der Waals surface area contributed by atoms with E-state index in [1.807, 2.05) is 62.4 Å². The molecule has 1 amide bonds. The molecule has 5 rings (SSSR count). The molecule has 2 aromatic heterocycles. The van der Waals surface area contributed by atoms with Crippen LogP contribution in [0.15, 0.2) is 54.6 Å². The largest absolute Gasteiger partial charge is 0.491 e. The van der Waals surface area contributed by atoms with Crippen LogP contribution in [0, 0.1) is 5.92 Å². The molecular weight excluding hydrogens is 555 g/mol. The van der Waals surface area contributed by atoms with Crippen molar-refractivity contribution in [3.63, 3.8) is 0 Å². The van der Waals surface area contributed by atoms with E-state index in [1.165, 1.54) is 11.3 Å². The van der Waals surface area contributed by atoms with Crippen LogP contribution in [0.1, 0.15) is 65.3 Å². The molecule has 1 aliphatic carbocycles. The highest BCUT2D eigenvalue weighted by Gasteiger charge is 2.29. The van der Waals surface area contributed by atoms with Gasteiger partial charge in [0.25, 0.3) is 5.91 Å². The molecule has 41 heavy (non-hydrogen) atoms. The molecule has 7 nitrogen and oxygen atoms in total. The van der Waals surface area contributed by atoms with Crippen molar-refractivity contribution in [1.82, 2.24) is 10.3 Å². The minimum absolute atomic E-state index is 0.0336. The highest BCUT2D eigenvalue weighted by atomic mass is 32.1. The Labute approximate surface area is 249 Å². The van der Waals surface area contributed by atoms with Crippen molar-refractivity contribution in [3.8, 4) is 17.0 Å². The number of aromatic nitrogens is 1. The maximum Gasteiger partial charge on any atom is 0.341 e. The summed E-state index contributed by atoms with van der Waals surface area (Å²) in [6.45, 7) is 8.23. The number of ether oxygens (including phenoxy) is 2. The summed E-state index contributed by atoms with van der Waals surface area (Å²) in [4.78, 5) is 32.5. The fraction of sp³-hybridized carbons (Fsp3) is 0.312. The van der Waals surface area contributed by atoms with Crippen LogP contribution in [0.2, 0.25) is 0 Å². The van der Waals surface area contributed by atoms with Gasteiger partial charge in [-0.1, -0.05) is 37.3 Å². The third-order valence-electron chi connectivity index (χ3n) is 6.91. The highest BCUT2D eigenvalue weighted by molar-refractivity contribution is 7.80. The number of hydrogen-bond donors (Lipinski definition) is 2. The zero-order valence-corrected chi connectivity index (χ0v) is 25.2. The van der Waals surface area contributed by atoms with Crippen molar-refractivity contribution in [2.24, 2.45) is 5.92 Å². The van der Waals surface area contributed by atoms with E-state index in [0.717, 1.165) is 41.0 Å². The molecule has 9 heteroatoms. The molecule has 0 fully saturated rings. The minimum atomic E-state index is -0.371. The first kappa shape index (κ1) is 28.7. The number of para-hydroxylation sites is 1. The van der Waals surface area contributed by atoms with Gasteiger partial charge < -0.3 is 14.8 Å². The number of rotatable bonds is 7. The number of nitrogens with one attached hydrogen (secondary N) is 2. The Hall–Kier alpha value is -3.82. The summed E-state index contributed by atoms with van der Waals surface area (Å²) in [5, 5.41) is 7.38. The Bertz CT molecular complexity index is 1630. The van der Waals surface area contributed by atoms with Gasteiger partial charge in [0, 0.05) is 15.8 Å². The SMILES string of the molecule is CCOC(=O)c1c(NC(=S)NC(=O)c2cc(-c3cccc(OC(C)C)c3)nc3ccccc23)sc2c1CC[C@@H](C)C2. The van der Waals surface area contributed by atoms with Gasteiger partial charge in [0.2, 0.25) is 0 Å². The molecule has 0 saturated heterocycles. The summed E-state index contributed by atoms with van der Waals surface area (Å²) < 4.78 is 11.2. The first-order chi connectivity index (χ1) is 19.7. The standard InChI is InChI=1S/C32H33N3O4S2/c1-5-38-31(37)28-23-14-13-19(4)15-27(23)41-30(28)35-32(40)34-29(36)24-17-26(33-25-12-7-6-11-22(24)25)20-9-8-10-21(16-20)39-18(2)3/h6-12,16-19H,5,13-15H2,1-4H3,(H2,34,35,36,40)/t19-/m1/s1. The lowest BCUT2D eigenvalue weighted by Gasteiger charge is -2.18. The molecule has 0 saturated carbocycles.